The van der Waals surface area contributed by atoms with E-state index in [4.69, 9.17) is 0 Å². The van der Waals surface area contributed by atoms with Crippen molar-refractivity contribution in [1.82, 2.24) is 15.5 Å². The maximum atomic E-state index is 12.4. The van der Waals surface area contributed by atoms with Gasteiger partial charge in [-0.25, -0.2) is 0 Å². The number of carbonyl (C=O) groups excluding carboxylic acids is 3. The van der Waals surface area contributed by atoms with Gasteiger partial charge in [0.05, 0.1) is 6.54 Å². The molecule has 1 saturated heterocycles. The van der Waals surface area contributed by atoms with Crippen LogP contribution in [0.2, 0.25) is 0 Å². The number of carbonyl (C=O) groups is 3. The van der Waals surface area contributed by atoms with Crippen LogP contribution in [0, 0.1) is 5.92 Å². The number of benzene rings is 2. The number of likely N-dealkylation sites (tertiary alicyclic amines) is 1. The maximum absolute atomic E-state index is 12.4. The fourth-order valence-corrected chi connectivity index (χ4v) is 3.60. The molecule has 1 fully saturated rings. The summed E-state index contributed by atoms with van der Waals surface area (Å²) in [5.41, 5.74) is 2.65. The number of nitrogens with one attached hydrogen (secondary N) is 2. The predicted octanol–water partition coefficient (Wildman–Crippen LogP) is 2.85. The van der Waals surface area contributed by atoms with Crippen LogP contribution in [-0.4, -0.2) is 48.8 Å². The van der Waals surface area contributed by atoms with E-state index in [1.807, 2.05) is 49.4 Å². The first-order valence-corrected chi connectivity index (χ1v) is 10.6. The fraction of sp³-hybridized carbons (Fsp3) is 0.375. The molecule has 158 valence electrons. The third-order valence-electron chi connectivity index (χ3n) is 5.42. The summed E-state index contributed by atoms with van der Waals surface area (Å²) in [4.78, 5) is 38.6. The monoisotopic (exact) mass is 407 g/mol. The second kappa shape index (κ2) is 10.6. The molecule has 0 spiro atoms. The molecule has 3 amide bonds. The lowest BCUT2D eigenvalue weighted by molar-refractivity contribution is -0.134. The Morgan fingerprint density at radius 1 is 0.900 bits per heavy atom. The van der Waals surface area contributed by atoms with Crippen molar-refractivity contribution in [3.05, 3.63) is 60.2 Å². The molecule has 0 unspecified atom stereocenters. The van der Waals surface area contributed by atoms with Crippen molar-refractivity contribution in [1.29, 1.82) is 0 Å². The lowest BCUT2D eigenvalue weighted by atomic mass is 9.96. The van der Waals surface area contributed by atoms with Crippen LogP contribution in [-0.2, 0) is 9.59 Å². The molecule has 1 heterocycles. The van der Waals surface area contributed by atoms with Gasteiger partial charge in [0.15, 0.2) is 0 Å². The zero-order valence-electron chi connectivity index (χ0n) is 17.4. The van der Waals surface area contributed by atoms with E-state index in [0.717, 1.165) is 17.5 Å². The minimum absolute atomic E-state index is 0.0293. The summed E-state index contributed by atoms with van der Waals surface area (Å²) in [5.74, 6) is -0.331. The summed E-state index contributed by atoms with van der Waals surface area (Å²) in [6.45, 7) is 3.77. The third kappa shape index (κ3) is 5.69. The molecule has 0 aromatic heterocycles. The average molecular weight is 408 g/mol. The minimum Gasteiger partial charge on any atom is -0.356 e. The second-order valence-corrected chi connectivity index (χ2v) is 7.57. The Morgan fingerprint density at radius 3 is 2.17 bits per heavy atom. The predicted molar refractivity (Wildman–Crippen MR) is 117 cm³/mol. The van der Waals surface area contributed by atoms with Gasteiger partial charge in [0.1, 0.15) is 0 Å². The van der Waals surface area contributed by atoms with Crippen molar-refractivity contribution in [2.75, 3.05) is 26.2 Å². The summed E-state index contributed by atoms with van der Waals surface area (Å²) >= 11 is 0. The molecule has 0 aliphatic carbocycles. The highest BCUT2D eigenvalue weighted by Gasteiger charge is 2.27. The number of hydrogen-bond donors (Lipinski definition) is 2. The van der Waals surface area contributed by atoms with Gasteiger partial charge in [-0.05, 0) is 42.5 Å². The quantitative estimate of drug-likeness (QED) is 0.741. The molecule has 30 heavy (non-hydrogen) atoms. The molecular formula is C24H29N3O3. The topological polar surface area (TPSA) is 78.5 Å². The van der Waals surface area contributed by atoms with Gasteiger partial charge >= 0.3 is 0 Å². The SMILES string of the molecule is CCCNC(=O)C1CCN(C(=O)CNC(=O)c2ccc(-c3ccccc3)cc2)CC1. The van der Waals surface area contributed by atoms with Crippen LogP contribution in [0.4, 0.5) is 0 Å². The van der Waals surface area contributed by atoms with E-state index in [-0.39, 0.29) is 30.2 Å². The van der Waals surface area contributed by atoms with E-state index in [2.05, 4.69) is 10.6 Å². The van der Waals surface area contributed by atoms with Gasteiger partial charge < -0.3 is 15.5 Å². The Labute approximate surface area is 177 Å². The van der Waals surface area contributed by atoms with Crippen molar-refractivity contribution in [2.24, 2.45) is 5.92 Å². The molecule has 3 rings (SSSR count). The van der Waals surface area contributed by atoms with Crippen LogP contribution in [0.25, 0.3) is 11.1 Å². The van der Waals surface area contributed by atoms with Gasteiger partial charge in [0.25, 0.3) is 5.91 Å². The summed E-state index contributed by atoms with van der Waals surface area (Å²) in [6.07, 6.45) is 2.24. The molecule has 0 saturated carbocycles. The Balaban J connectivity index is 1.45. The molecule has 2 aromatic carbocycles. The van der Waals surface area contributed by atoms with Gasteiger partial charge in [0, 0.05) is 31.1 Å². The molecule has 6 nitrogen and oxygen atoms in total. The number of hydrogen-bond acceptors (Lipinski definition) is 3. The molecule has 2 N–H and O–H groups in total. The Hall–Kier alpha value is -3.15. The van der Waals surface area contributed by atoms with Crippen molar-refractivity contribution in [3.63, 3.8) is 0 Å². The number of nitrogens with zero attached hydrogens (tertiary/aromatic N) is 1. The Kier molecular flexibility index (Phi) is 7.60. The van der Waals surface area contributed by atoms with Gasteiger partial charge in [-0.1, -0.05) is 49.4 Å². The summed E-state index contributed by atoms with van der Waals surface area (Å²) in [7, 11) is 0. The van der Waals surface area contributed by atoms with E-state index in [9.17, 15) is 14.4 Å². The van der Waals surface area contributed by atoms with Crippen LogP contribution in [0.1, 0.15) is 36.5 Å². The highest BCUT2D eigenvalue weighted by molar-refractivity contribution is 5.96. The van der Waals surface area contributed by atoms with Crippen LogP contribution >= 0.6 is 0 Å². The molecule has 0 radical (unpaired) electrons. The fourth-order valence-electron chi connectivity index (χ4n) is 3.60. The molecule has 1 aliphatic rings. The standard InChI is InChI=1S/C24H29N3O3/c1-2-14-25-23(29)21-12-15-27(16-13-21)22(28)17-26-24(30)20-10-8-19(9-11-20)18-6-4-3-5-7-18/h3-11,21H,2,12-17H2,1H3,(H,25,29)(H,26,30). The first-order chi connectivity index (χ1) is 14.6. The van der Waals surface area contributed by atoms with Gasteiger partial charge in [-0.2, -0.15) is 0 Å². The molecule has 0 bridgehead atoms. The highest BCUT2D eigenvalue weighted by atomic mass is 16.2. The zero-order chi connectivity index (χ0) is 21.3. The zero-order valence-corrected chi connectivity index (χ0v) is 17.4. The number of amides is 3. The van der Waals surface area contributed by atoms with Crippen molar-refractivity contribution in [3.8, 4) is 11.1 Å². The number of rotatable bonds is 7. The van der Waals surface area contributed by atoms with Crippen LogP contribution < -0.4 is 10.6 Å². The molecule has 0 atom stereocenters. The minimum atomic E-state index is -0.267. The number of piperidine rings is 1. The Bertz CT molecular complexity index is 857. The first kappa shape index (κ1) is 21.6. The third-order valence-corrected chi connectivity index (χ3v) is 5.42. The smallest absolute Gasteiger partial charge is 0.251 e. The lowest BCUT2D eigenvalue weighted by Gasteiger charge is -2.31. The summed E-state index contributed by atoms with van der Waals surface area (Å²) in [5, 5.41) is 5.63. The lowest BCUT2D eigenvalue weighted by Crippen LogP contribution is -2.46. The van der Waals surface area contributed by atoms with Crippen LogP contribution in [0.3, 0.4) is 0 Å². The molecule has 1 aliphatic heterocycles. The Morgan fingerprint density at radius 2 is 1.53 bits per heavy atom. The van der Waals surface area contributed by atoms with E-state index >= 15 is 0 Å². The molecule has 6 heteroatoms. The van der Waals surface area contributed by atoms with E-state index < -0.39 is 0 Å². The van der Waals surface area contributed by atoms with E-state index in [1.54, 1.807) is 17.0 Å². The van der Waals surface area contributed by atoms with Crippen LogP contribution in [0.5, 0.6) is 0 Å². The largest absolute Gasteiger partial charge is 0.356 e. The van der Waals surface area contributed by atoms with Crippen molar-refractivity contribution < 1.29 is 14.4 Å². The van der Waals surface area contributed by atoms with Crippen LogP contribution in [0.15, 0.2) is 54.6 Å². The summed E-state index contributed by atoms with van der Waals surface area (Å²) < 4.78 is 0. The maximum Gasteiger partial charge on any atom is 0.251 e. The van der Waals surface area contributed by atoms with E-state index in [0.29, 0.717) is 38.0 Å². The van der Waals surface area contributed by atoms with Gasteiger partial charge in [-0.3, -0.25) is 14.4 Å². The van der Waals surface area contributed by atoms with Gasteiger partial charge in [-0.15, -0.1) is 0 Å². The second-order valence-electron chi connectivity index (χ2n) is 7.57. The van der Waals surface area contributed by atoms with Crippen molar-refractivity contribution in [2.45, 2.75) is 26.2 Å². The van der Waals surface area contributed by atoms with E-state index in [1.165, 1.54) is 0 Å². The normalized spacial score (nSPS) is 14.2. The molecule has 2 aromatic rings. The highest BCUT2D eigenvalue weighted by Crippen LogP contribution is 2.19. The van der Waals surface area contributed by atoms with Crippen molar-refractivity contribution >= 4 is 17.7 Å². The average Bonchev–Trinajstić information content (AvgIpc) is 2.81. The van der Waals surface area contributed by atoms with Gasteiger partial charge in [0.2, 0.25) is 11.8 Å². The molecular weight excluding hydrogens is 378 g/mol. The summed E-state index contributed by atoms with van der Waals surface area (Å²) in [6, 6.07) is 17.3. The first-order valence-electron chi connectivity index (χ1n) is 10.6.